The largest absolute Gasteiger partial charge is 0.495 e. The van der Waals surface area contributed by atoms with Gasteiger partial charge in [0.25, 0.3) is 10.0 Å². The van der Waals surface area contributed by atoms with Gasteiger partial charge < -0.3 is 23.7 Å². The monoisotopic (exact) mass is 487 g/mol. The lowest BCUT2D eigenvalue weighted by Gasteiger charge is -2.37. The van der Waals surface area contributed by atoms with Gasteiger partial charge in [0.15, 0.2) is 0 Å². The van der Waals surface area contributed by atoms with E-state index in [9.17, 15) is 13.2 Å². The van der Waals surface area contributed by atoms with E-state index in [1.54, 1.807) is 48.4 Å². The number of amides is 1. The van der Waals surface area contributed by atoms with Crippen molar-refractivity contribution in [1.29, 1.82) is 0 Å². The van der Waals surface area contributed by atoms with Gasteiger partial charge in [0.2, 0.25) is 5.09 Å². The van der Waals surface area contributed by atoms with Gasteiger partial charge in [-0.1, -0.05) is 18.2 Å². The molecule has 2 heterocycles. The van der Waals surface area contributed by atoms with Gasteiger partial charge in [-0.3, -0.25) is 4.72 Å². The fraction of sp³-hybridized carbons (Fsp3) is 0.375. The molecule has 34 heavy (non-hydrogen) atoms. The summed E-state index contributed by atoms with van der Waals surface area (Å²) in [5.74, 6) is 0.609. The molecule has 1 aromatic heterocycles. The van der Waals surface area contributed by atoms with Gasteiger partial charge in [-0.15, -0.1) is 0 Å². The van der Waals surface area contributed by atoms with E-state index in [1.165, 1.54) is 6.07 Å². The number of para-hydroxylation sites is 1. The van der Waals surface area contributed by atoms with E-state index in [1.807, 2.05) is 26.8 Å². The van der Waals surface area contributed by atoms with Crippen molar-refractivity contribution in [3.8, 4) is 5.75 Å². The van der Waals surface area contributed by atoms with Crippen LogP contribution in [0.25, 0.3) is 11.0 Å². The molecule has 2 aromatic carbocycles. The van der Waals surface area contributed by atoms with Gasteiger partial charge >= 0.3 is 6.09 Å². The second kappa shape index (κ2) is 9.09. The first kappa shape index (κ1) is 23.7. The van der Waals surface area contributed by atoms with Crippen LogP contribution in [-0.4, -0.2) is 58.3 Å². The fourth-order valence-corrected chi connectivity index (χ4v) is 4.77. The van der Waals surface area contributed by atoms with Crippen molar-refractivity contribution in [1.82, 2.24) is 4.90 Å². The summed E-state index contributed by atoms with van der Waals surface area (Å²) in [6.45, 7) is 7.57. The zero-order valence-corrected chi connectivity index (χ0v) is 20.5. The van der Waals surface area contributed by atoms with Crippen LogP contribution < -0.4 is 14.4 Å². The number of rotatable bonds is 5. The van der Waals surface area contributed by atoms with E-state index < -0.39 is 15.6 Å². The number of sulfonamides is 1. The van der Waals surface area contributed by atoms with E-state index >= 15 is 0 Å². The lowest BCUT2D eigenvalue weighted by molar-refractivity contribution is 0.0240. The normalized spacial score (nSPS) is 14.8. The first-order valence-corrected chi connectivity index (χ1v) is 12.5. The van der Waals surface area contributed by atoms with Crippen LogP contribution in [0.1, 0.15) is 20.8 Å². The van der Waals surface area contributed by atoms with Crippen molar-refractivity contribution in [2.24, 2.45) is 0 Å². The van der Waals surface area contributed by atoms with Crippen LogP contribution in [0.2, 0.25) is 0 Å². The van der Waals surface area contributed by atoms with Gasteiger partial charge in [-0.25, -0.2) is 4.79 Å². The topological polar surface area (TPSA) is 101 Å². The number of nitrogens with zero attached hydrogens (tertiary/aromatic N) is 2. The highest BCUT2D eigenvalue weighted by atomic mass is 32.2. The van der Waals surface area contributed by atoms with E-state index in [0.29, 0.717) is 48.6 Å². The first-order chi connectivity index (χ1) is 16.1. The maximum absolute atomic E-state index is 12.9. The molecule has 1 aliphatic rings. The maximum atomic E-state index is 12.9. The molecule has 0 radical (unpaired) electrons. The second-order valence-corrected chi connectivity index (χ2v) is 10.7. The molecule has 1 fully saturated rings. The van der Waals surface area contributed by atoms with Gasteiger partial charge in [0.05, 0.1) is 18.5 Å². The lowest BCUT2D eigenvalue weighted by atomic mass is 10.2. The van der Waals surface area contributed by atoms with Crippen LogP contribution in [0.15, 0.2) is 58.0 Å². The standard InChI is InChI=1S/C24H29N3O6S/c1-24(2,3)33-23(28)27-13-11-26(12-14-27)19-16-18(9-10-21(19)31-4)25-34(29,30)22-15-17-7-5-6-8-20(17)32-22/h5-10,15-16,25H,11-14H2,1-4H3. The third-order valence-corrected chi connectivity index (χ3v) is 6.61. The predicted octanol–water partition coefficient (Wildman–Crippen LogP) is 4.30. The van der Waals surface area contributed by atoms with Crippen molar-refractivity contribution in [3.05, 3.63) is 48.5 Å². The summed E-state index contributed by atoms with van der Waals surface area (Å²) < 4.78 is 45.0. The Morgan fingerprint density at radius 2 is 1.74 bits per heavy atom. The SMILES string of the molecule is COc1ccc(NS(=O)(=O)c2cc3ccccc3o2)cc1N1CCN(C(=O)OC(C)(C)C)CC1. The lowest BCUT2D eigenvalue weighted by Crippen LogP contribution is -2.50. The highest BCUT2D eigenvalue weighted by Crippen LogP contribution is 2.33. The molecule has 3 aromatic rings. The molecule has 1 aliphatic heterocycles. The summed E-state index contributed by atoms with van der Waals surface area (Å²) >= 11 is 0. The van der Waals surface area contributed by atoms with Gasteiger partial charge in [0, 0.05) is 37.6 Å². The Morgan fingerprint density at radius 1 is 1.03 bits per heavy atom. The minimum absolute atomic E-state index is 0.156. The van der Waals surface area contributed by atoms with Crippen LogP contribution in [0, 0.1) is 0 Å². The molecule has 0 spiro atoms. The highest BCUT2D eigenvalue weighted by Gasteiger charge is 2.27. The van der Waals surface area contributed by atoms with E-state index in [4.69, 9.17) is 13.9 Å². The number of piperazine rings is 1. The van der Waals surface area contributed by atoms with Crippen LogP contribution >= 0.6 is 0 Å². The molecule has 4 rings (SSSR count). The van der Waals surface area contributed by atoms with Gasteiger partial charge in [-0.05, 0) is 45.0 Å². The molecular weight excluding hydrogens is 458 g/mol. The Hall–Kier alpha value is -3.40. The number of carbonyl (C=O) groups is 1. The third kappa shape index (κ3) is 5.22. The van der Waals surface area contributed by atoms with Crippen LogP contribution in [0.4, 0.5) is 16.2 Å². The Bertz CT molecular complexity index is 1250. The molecule has 0 saturated carbocycles. The number of benzene rings is 2. The number of methoxy groups -OCH3 is 1. The molecule has 0 aliphatic carbocycles. The Morgan fingerprint density at radius 3 is 2.38 bits per heavy atom. The average molecular weight is 488 g/mol. The minimum Gasteiger partial charge on any atom is -0.495 e. The number of furan rings is 1. The molecular formula is C24H29N3O6S. The number of ether oxygens (including phenoxy) is 2. The van der Waals surface area contributed by atoms with E-state index in [-0.39, 0.29) is 11.2 Å². The number of hydrogen-bond donors (Lipinski definition) is 1. The second-order valence-electron chi connectivity index (χ2n) is 9.05. The van der Waals surface area contributed by atoms with E-state index in [2.05, 4.69) is 9.62 Å². The maximum Gasteiger partial charge on any atom is 0.410 e. The average Bonchev–Trinajstić information content (AvgIpc) is 3.23. The molecule has 1 saturated heterocycles. The first-order valence-electron chi connectivity index (χ1n) is 11.0. The number of carbonyl (C=O) groups excluding carboxylic acids is 1. The Balaban J connectivity index is 1.50. The van der Waals surface area contributed by atoms with Crippen molar-refractivity contribution < 1.29 is 27.1 Å². The van der Waals surface area contributed by atoms with E-state index in [0.717, 1.165) is 5.69 Å². The Labute approximate surface area is 199 Å². The molecule has 0 bridgehead atoms. The van der Waals surface area contributed by atoms with Gasteiger partial charge in [-0.2, -0.15) is 8.42 Å². The number of nitrogens with one attached hydrogen (secondary N) is 1. The number of fused-ring (bicyclic) bond motifs is 1. The summed E-state index contributed by atoms with van der Waals surface area (Å²) in [6.07, 6.45) is -0.341. The summed E-state index contributed by atoms with van der Waals surface area (Å²) in [6, 6.07) is 13.7. The molecule has 1 amide bonds. The molecule has 1 N–H and O–H groups in total. The van der Waals surface area contributed by atoms with Crippen LogP contribution in [0.5, 0.6) is 5.75 Å². The van der Waals surface area contributed by atoms with Crippen LogP contribution in [-0.2, 0) is 14.8 Å². The molecule has 0 unspecified atom stereocenters. The number of hydrogen-bond acceptors (Lipinski definition) is 7. The summed E-state index contributed by atoms with van der Waals surface area (Å²) in [5.41, 5.74) is 1.06. The molecule has 9 nitrogen and oxygen atoms in total. The third-order valence-electron chi connectivity index (χ3n) is 5.37. The molecule has 10 heteroatoms. The van der Waals surface area contributed by atoms with Crippen molar-refractivity contribution in [3.63, 3.8) is 0 Å². The summed E-state index contributed by atoms with van der Waals surface area (Å²) in [4.78, 5) is 16.1. The van der Waals surface area contributed by atoms with Crippen molar-refractivity contribution in [2.75, 3.05) is 42.9 Å². The number of anilines is 2. The van der Waals surface area contributed by atoms with Crippen molar-refractivity contribution in [2.45, 2.75) is 31.5 Å². The van der Waals surface area contributed by atoms with Crippen molar-refractivity contribution >= 4 is 38.5 Å². The highest BCUT2D eigenvalue weighted by molar-refractivity contribution is 7.92. The smallest absolute Gasteiger partial charge is 0.410 e. The summed E-state index contributed by atoms with van der Waals surface area (Å²) in [5, 5.41) is 0.554. The van der Waals surface area contributed by atoms with Gasteiger partial charge in [0.1, 0.15) is 16.9 Å². The Kier molecular flexibility index (Phi) is 6.35. The van der Waals surface area contributed by atoms with Crippen LogP contribution in [0.3, 0.4) is 0 Å². The quantitative estimate of drug-likeness (QED) is 0.573. The molecule has 182 valence electrons. The zero-order valence-electron chi connectivity index (χ0n) is 19.7. The fourth-order valence-electron chi connectivity index (χ4n) is 3.75. The molecule has 0 atom stereocenters. The predicted molar refractivity (Wildman–Crippen MR) is 130 cm³/mol. The minimum atomic E-state index is -3.93. The zero-order chi connectivity index (χ0) is 24.5. The summed E-state index contributed by atoms with van der Waals surface area (Å²) in [7, 11) is -2.36.